The predicted octanol–water partition coefficient (Wildman–Crippen LogP) is 3.27. The minimum atomic E-state index is -1.31. The number of rotatable bonds is 2. The summed E-state index contributed by atoms with van der Waals surface area (Å²) in [5, 5.41) is 0.848. The molecule has 1 rings (SSSR count). The van der Waals surface area contributed by atoms with Crippen LogP contribution in [0.5, 0.6) is 0 Å². The van der Waals surface area contributed by atoms with Crippen molar-refractivity contribution >= 4 is 40.8 Å². The lowest BCUT2D eigenvalue weighted by Gasteiger charge is -2.17. The zero-order valence-electron chi connectivity index (χ0n) is 9.20. The van der Waals surface area contributed by atoms with E-state index in [9.17, 15) is 4.55 Å². The Morgan fingerprint density at radius 1 is 1.44 bits per heavy atom. The van der Waals surface area contributed by atoms with Gasteiger partial charge >= 0.3 is 0 Å². The van der Waals surface area contributed by atoms with Gasteiger partial charge in [0.05, 0.1) is 10.0 Å². The molecule has 1 atom stereocenters. The van der Waals surface area contributed by atoms with Crippen molar-refractivity contribution < 1.29 is 4.55 Å². The van der Waals surface area contributed by atoms with Crippen LogP contribution in [0.4, 0.5) is 0 Å². The second-order valence-corrected chi connectivity index (χ2v) is 6.89. The molecule has 0 saturated carbocycles. The van der Waals surface area contributed by atoms with Crippen molar-refractivity contribution in [2.45, 2.75) is 25.5 Å². The Kier molecular flexibility index (Phi) is 4.62. The van der Waals surface area contributed by atoms with Crippen molar-refractivity contribution in [3.05, 3.63) is 28.0 Å². The summed E-state index contributed by atoms with van der Waals surface area (Å²) >= 11 is 10.3. The van der Waals surface area contributed by atoms with Gasteiger partial charge < -0.3 is 4.55 Å². The molecule has 0 spiro atoms. The molecule has 0 N–H and O–H groups in total. The van der Waals surface area contributed by atoms with E-state index in [0.717, 1.165) is 0 Å². The molecule has 0 aliphatic carbocycles. The van der Waals surface area contributed by atoms with Crippen LogP contribution >= 0.6 is 23.2 Å². The fourth-order valence-corrected chi connectivity index (χ4v) is 1.72. The minimum Gasteiger partial charge on any atom is -0.591 e. The number of pyridine rings is 1. The summed E-state index contributed by atoms with van der Waals surface area (Å²) in [7, 11) is 0. The average molecular weight is 279 g/mol. The summed E-state index contributed by atoms with van der Waals surface area (Å²) in [6, 6.07) is 1.57. The molecule has 6 heteroatoms. The van der Waals surface area contributed by atoms with Crippen LogP contribution in [0, 0.1) is 0 Å². The van der Waals surface area contributed by atoms with Gasteiger partial charge in [0.15, 0.2) is 0 Å². The van der Waals surface area contributed by atoms with Crippen molar-refractivity contribution in [2.24, 2.45) is 4.40 Å². The molecular formula is C10H12Cl2N2OS. The van der Waals surface area contributed by atoms with E-state index in [1.807, 2.05) is 20.8 Å². The molecule has 0 radical (unpaired) electrons. The highest BCUT2D eigenvalue weighted by Gasteiger charge is 2.25. The summed E-state index contributed by atoms with van der Waals surface area (Å²) in [4.78, 5) is 3.98. The van der Waals surface area contributed by atoms with Gasteiger partial charge in [-0.3, -0.25) is 4.98 Å². The number of aromatic nitrogens is 1. The van der Waals surface area contributed by atoms with Gasteiger partial charge in [-0.2, -0.15) is 0 Å². The molecular weight excluding hydrogens is 267 g/mol. The van der Waals surface area contributed by atoms with Gasteiger partial charge in [0, 0.05) is 6.20 Å². The Hall–Kier alpha value is -0.290. The van der Waals surface area contributed by atoms with Crippen LogP contribution in [0.15, 0.2) is 16.7 Å². The molecule has 0 amide bonds. The maximum absolute atomic E-state index is 11.6. The van der Waals surface area contributed by atoms with E-state index in [2.05, 4.69) is 9.38 Å². The van der Waals surface area contributed by atoms with Gasteiger partial charge in [-0.1, -0.05) is 27.6 Å². The van der Waals surface area contributed by atoms with Gasteiger partial charge in [-0.25, -0.2) is 0 Å². The van der Waals surface area contributed by atoms with Gasteiger partial charge in [-0.15, -0.1) is 0 Å². The molecule has 0 bridgehead atoms. The highest BCUT2D eigenvalue weighted by atomic mass is 35.5. The van der Waals surface area contributed by atoms with E-state index in [1.54, 1.807) is 6.07 Å². The Labute approximate surface area is 108 Å². The molecule has 0 aliphatic rings. The van der Waals surface area contributed by atoms with Crippen LogP contribution < -0.4 is 0 Å². The lowest BCUT2D eigenvalue weighted by molar-refractivity contribution is 0.562. The first kappa shape index (κ1) is 13.8. The molecule has 0 aliphatic heterocycles. The highest BCUT2D eigenvalue weighted by molar-refractivity contribution is 7.91. The largest absolute Gasteiger partial charge is 0.591 e. The quantitative estimate of drug-likeness (QED) is 0.616. The summed E-state index contributed by atoms with van der Waals surface area (Å²) < 4.78 is 15.2. The van der Waals surface area contributed by atoms with Crippen molar-refractivity contribution in [1.82, 2.24) is 4.98 Å². The molecule has 16 heavy (non-hydrogen) atoms. The van der Waals surface area contributed by atoms with E-state index in [1.165, 1.54) is 12.4 Å². The third-order valence-corrected chi connectivity index (χ3v) is 3.48. The second kappa shape index (κ2) is 5.36. The number of halogens is 2. The smallest absolute Gasteiger partial charge is 0.144 e. The topological polar surface area (TPSA) is 48.3 Å². The van der Waals surface area contributed by atoms with Gasteiger partial charge in [0.25, 0.3) is 0 Å². The standard InChI is InChI=1S/C10H12Cl2N2OS/c1-10(2,3)16(15)14-6-9-8(12)4-7(11)5-13-9/h4-6H,1-3H3. The van der Waals surface area contributed by atoms with Crippen molar-refractivity contribution in [3.8, 4) is 0 Å². The molecule has 0 aromatic carbocycles. The Bertz CT molecular complexity index is 404. The molecule has 3 nitrogen and oxygen atoms in total. The van der Waals surface area contributed by atoms with Gasteiger partial charge in [0.2, 0.25) is 0 Å². The van der Waals surface area contributed by atoms with Crippen molar-refractivity contribution in [3.63, 3.8) is 0 Å². The highest BCUT2D eigenvalue weighted by Crippen LogP contribution is 2.19. The van der Waals surface area contributed by atoms with E-state index < -0.39 is 16.1 Å². The Balaban J connectivity index is 2.85. The van der Waals surface area contributed by atoms with Crippen LogP contribution in [0.1, 0.15) is 26.5 Å². The average Bonchev–Trinajstić information content (AvgIpc) is 2.14. The maximum Gasteiger partial charge on any atom is 0.144 e. The molecule has 0 saturated heterocycles. The molecule has 1 heterocycles. The van der Waals surface area contributed by atoms with Crippen molar-refractivity contribution in [2.75, 3.05) is 0 Å². The lowest BCUT2D eigenvalue weighted by Crippen LogP contribution is -2.25. The SMILES string of the molecule is CC(C)(C)[S+]([O-])N=Cc1ncc(Cl)cc1Cl. The van der Waals surface area contributed by atoms with E-state index in [0.29, 0.717) is 15.7 Å². The number of hydrogen-bond acceptors (Lipinski definition) is 3. The number of nitrogens with zero attached hydrogens (tertiary/aromatic N) is 2. The maximum atomic E-state index is 11.6. The zero-order valence-corrected chi connectivity index (χ0v) is 11.5. The van der Waals surface area contributed by atoms with Crippen molar-refractivity contribution in [1.29, 1.82) is 0 Å². The third kappa shape index (κ3) is 3.94. The first-order valence-corrected chi connectivity index (χ1v) is 6.44. The number of hydrogen-bond donors (Lipinski definition) is 0. The molecule has 0 fully saturated rings. The zero-order chi connectivity index (χ0) is 12.3. The fraction of sp³-hybridized carbons (Fsp3) is 0.400. The summed E-state index contributed by atoms with van der Waals surface area (Å²) in [6.45, 7) is 5.53. The summed E-state index contributed by atoms with van der Waals surface area (Å²) in [5.41, 5.74) is 0.462. The molecule has 1 unspecified atom stereocenters. The van der Waals surface area contributed by atoms with Gasteiger partial charge in [0.1, 0.15) is 28.0 Å². The van der Waals surface area contributed by atoms with Crippen LogP contribution in [0.2, 0.25) is 10.0 Å². The summed E-state index contributed by atoms with van der Waals surface area (Å²) in [6.07, 6.45) is 2.87. The van der Waals surface area contributed by atoms with E-state index in [-0.39, 0.29) is 0 Å². The first-order chi connectivity index (χ1) is 7.30. The minimum absolute atomic E-state index is 0.391. The monoisotopic (exact) mass is 278 g/mol. The molecule has 88 valence electrons. The second-order valence-electron chi connectivity index (χ2n) is 4.12. The van der Waals surface area contributed by atoms with Crippen LogP contribution in [0.3, 0.4) is 0 Å². The normalized spacial score (nSPS) is 14.4. The van der Waals surface area contributed by atoms with E-state index in [4.69, 9.17) is 23.2 Å². The lowest BCUT2D eigenvalue weighted by atomic mass is 10.3. The molecule has 1 aromatic heterocycles. The summed E-state index contributed by atoms with van der Waals surface area (Å²) in [5.74, 6) is 0. The van der Waals surface area contributed by atoms with Gasteiger partial charge in [-0.05, 0) is 26.8 Å². The Morgan fingerprint density at radius 2 is 2.06 bits per heavy atom. The fourth-order valence-electron chi connectivity index (χ4n) is 0.776. The van der Waals surface area contributed by atoms with Crippen LogP contribution in [-0.4, -0.2) is 20.5 Å². The van der Waals surface area contributed by atoms with Crippen LogP contribution in [-0.2, 0) is 11.4 Å². The predicted molar refractivity (Wildman–Crippen MR) is 69.7 cm³/mol. The van der Waals surface area contributed by atoms with E-state index >= 15 is 0 Å². The molecule has 1 aromatic rings. The Morgan fingerprint density at radius 3 is 2.56 bits per heavy atom. The van der Waals surface area contributed by atoms with Crippen LogP contribution in [0.25, 0.3) is 0 Å². The third-order valence-electron chi connectivity index (χ3n) is 1.63. The first-order valence-electron chi connectivity index (χ1n) is 4.58.